The molecule has 0 aromatic heterocycles. The molecule has 0 radical (unpaired) electrons. The van der Waals surface area contributed by atoms with Gasteiger partial charge in [-0.1, -0.05) is 41.9 Å². The Kier molecular flexibility index (Phi) is 11.1. The van der Waals surface area contributed by atoms with E-state index < -0.39 is 6.04 Å². The van der Waals surface area contributed by atoms with Gasteiger partial charge in [0.05, 0.1) is 18.5 Å². The zero-order chi connectivity index (χ0) is 41.0. The summed E-state index contributed by atoms with van der Waals surface area (Å²) < 4.78 is 33.7. The van der Waals surface area contributed by atoms with E-state index in [2.05, 4.69) is 86.9 Å². The van der Waals surface area contributed by atoms with E-state index in [4.69, 9.17) is 14.2 Å². The molecule has 0 unspecified atom stereocenters. The molecule has 3 aromatic rings. The quantitative estimate of drug-likeness (QED) is 0.320. The minimum Gasteiger partial charge on any atom is -0.494 e. The SMILES string of the molecule is COc1cccc(-c2cc3c(cc2[C@@H]2CCN(C)C[C@@H]2C)N2C(=NNC(=O)[C@H]2C)CO3)c1F.C[C@@H]1C(=O)NN=C2COc3cc(Br)c([C@@H]4CCN(C)C[C@@H]4C)cc3N21. The van der Waals surface area contributed by atoms with Crippen molar-refractivity contribution in [1.82, 2.24) is 20.7 Å². The number of piperidine rings is 2. The van der Waals surface area contributed by atoms with Crippen molar-refractivity contribution in [3.8, 4) is 28.4 Å². The number of hydrogen-bond donors (Lipinski definition) is 2. The van der Waals surface area contributed by atoms with Crippen LogP contribution >= 0.6 is 15.9 Å². The second kappa shape index (κ2) is 16.1. The summed E-state index contributed by atoms with van der Waals surface area (Å²) in [7, 11) is 5.79. The Bertz CT molecular complexity index is 2180. The van der Waals surface area contributed by atoms with Gasteiger partial charge in [0.1, 0.15) is 36.8 Å². The summed E-state index contributed by atoms with van der Waals surface area (Å²) in [5.74, 6) is 4.11. The lowest BCUT2D eigenvalue weighted by atomic mass is 9.78. The molecular formula is C43H52BrFN8O5. The second-order valence-corrected chi connectivity index (χ2v) is 17.4. The number of benzene rings is 3. The van der Waals surface area contributed by atoms with Crippen molar-refractivity contribution >= 4 is 50.8 Å². The Morgan fingerprint density at radius 1 is 0.759 bits per heavy atom. The molecule has 3 aromatic carbocycles. The van der Waals surface area contributed by atoms with Gasteiger partial charge < -0.3 is 33.8 Å². The summed E-state index contributed by atoms with van der Waals surface area (Å²) in [6, 6.07) is 12.8. The number of methoxy groups -OCH3 is 1. The van der Waals surface area contributed by atoms with Crippen LogP contribution in [0.3, 0.4) is 0 Å². The number of anilines is 2. The van der Waals surface area contributed by atoms with Crippen LogP contribution < -0.4 is 34.9 Å². The summed E-state index contributed by atoms with van der Waals surface area (Å²) in [6.07, 6.45) is 2.10. The van der Waals surface area contributed by atoms with E-state index in [0.717, 1.165) is 77.6 Å². The molecule has 2 fully saturated rings. The number of carbonyl (C=O) groups is 2. The number of likely N-dealkylation sites (tertiary alicyclic amines) is 2. The fraction of sp³-hybridized carbons (Fsp3) is 0.488. The van der Waals surface area contributed by atoms with Crippen molar-refractivity contribution < 1.29 is 28.2 Å². The number of fused-ring (bicyclic) bond motifs is 6. The van der Waals surface area contributed by atoms with Gasteiger partial charge in [-0.25, -0.2) is 15.2 Å². The van der Waals surface area contributed by atoms with Crippen LogP contribution in [0.1, 0.15) is 63.5 Å². The van der Waals surface area contributed by atoms with Crippen LogP contribution in [0.25, 0.3) is 11.1 Å². The summed E-state index contributed by atoms with van der Waals surface area (Å²) in [5.41, 5.74) is 10.5. The standard InChI is InChI=1S/C25H29FN4O3.C18H23BrN4O2/c1-14-12-29(3)9-8-16(14)18-10-20-22(33-13-23-27-28-25(31)15(2)30(20)23)11-19(18)17-6-5-7-21(32-4)24(17)26;1-10-8-22(3)5-4-12(10)13-6-15-16(7-14(13)19)25-9-17-20-21-18(24)11(2)23(15)17/h5-7,10-11,14-16H,8-9,12-13H2,1-4H3,(H,28,31);6-7,10-12H,4-5,8-9H2,1-3H3,(H,21,24)/t14-,15+,16+;10-,11+,12+/m00/s1. The number of hydrogen-bond acceptors (Lipinski definition) is 11. The fourth-order valence-electron chi connectivity index (χ4n) is 9.48. The van der Waals surface area contributed by atoms with Crippen LogP contribution in [0.5, 0.6) is 17.2 Å². The van der Waals surface area contributed by atoms with Gasteiger partial charge >= 0.3 is 0 Å². The Hall–Kier alpha value is -4.73. The molecule has 0 aliphatic carbocycles. The van der Waals surface area contributed by atoms with Crippen LogP contribution in [0.15, 0.2) is 57.1 Å². The lowest BCUT2D eigenvalue weighted by Crippen LogP contribution is -2.55. The highest BCUT2D eigenvalue weighted by atomic mass is 79.9. The average Bonchev–Trinajstić information content (AvgIpc) is 3.20. The van der Waals surface area contributed by atoms with E-state index in [1.165, 1.54) is 12.7 Å². The number of rotatable bonds is 4. The third-order valence-electron chi connectivity index (χ3n) is 12.6. The van der Waals surface area contributed by atoms with E-state index in [9.17, 15) is 9.59 Å². The molecule has 2 amide bonds. The third kappa shape index (κ3) is 7.29. The third-order valence-corrected chi connectivity index (χ3v) is 13.3. The first-order valence-electron chi connectivity index (χ1n) is 20.1. The van der Waals surface area contributed by atoms with Crippen LogP contribution in [0.4, 0.5) is 15.8 Å². The Balaban J connectivity index is 0.000000168. The molecule has 58 heavy (non-hydrogen) atoms. The number of carbonyl (C=O) groups excluding carboxylic acids is 2. The average molecular weight is 860 g/mol. The summed E-state index contributed by atoms with van der Waals surface area (Å²) in [6.45, 7) is 13.1. The van der Waals surface area contributed by atoms with E-state index >= 15 is 4.39 Å². The van der Waals surface area contributed by atoms with E-state index in [1.807, 2.05) is 35.8 Å². The number of nitrogens with one attached hydrogen (secondary N) is 2. The molecule has 308 valence electrons. The Morgan fingerprint density at radius 3 is 1.81 bits per heavy atom. The van der Waals surface area contributed by atoms with Gasteiger partial charge in [0.2, 0.25) is 0 Å². The summed E-state index contributed by atoms with van der Waals surface area (Å²) >= 11 is 3.75. The van der Waals surface area contributed by atoms with E-state index in [1.54, 1.807) is 18.2 Å². The molecule has 2 N–H and O–H groups in total. The molecule has 6 heterocycles. The smallest absolute Gasteiger partial charge is 0.262 e. The Morgan fingerprint density at radius 2 is 1.28 bits per heavy atom. The first kappa shape index (κ1) is 40.1. The molecule has 6 aliphatic rings. The van der Waals surface area contributed by atoms with Gasteiger partial charge in [-0.15, -0.1) is 0 Å². The van der Waals surface area contributed by atoms with Crippen molar-refractivity contribution in [2.45, 2.75) is 64.5 Å². The second-order valence-electron chi connectivity index (χ2n) is 16.5. The molecule has 13 nitrogen and oxygen atoms in total. The number of halogens is 2. The monoisotopic (exact) mass is 858 g/mol. The normalized spacial score (nSPS) is 26.8. The molecule has 2 saturated heterocycles. The summed E-state index contributed by atoms with van der Waals surface area (Å²) in [5, 5.41) is 8.37. The van der Waals surface area contributed by atoms with Crippen molar-refractivity contribution in [2.75, 3.05) is 70.4 Å². The van der Waals surface area contributed by atoms with E-state index in [-0.39, 0.29) is 41.9 Å². The molecule has 15 heteroatoms. The molecule has 6 atom stereocenters. The molecule has 0 bridgehead atoms. The number of ether oxygens (including phenoxy) is 3. The minimum absolute atomic E-state index is 0.0891. The maximum atomic E-state index is 15.4. The van der Waals surface area contributed by atoms with Crippen LogP contribution in [-0.2, 0) is 9.59 Å². The van der Waals surface area contributed by atoms with Gasteiger partial charge in [0.15, 0.2) is 23.2 Å². The predicted molar refractivity (Wildman–Crippen MR) is 227 cm³/mol. The topological polar surface area (TPSA) is 124 Å². The fourth-order valence-corrected chi connectivity index (χ4v) is 10.1. The van der Waals surface area contributed by atoms with Crippen molar-refractivity contribution in [3.05, 3.63) is 63.9 Å². The lowest BCUT2D eigenvalue weighted by molar-refractivity contribution is -0.123. The van der Waals surface area contributed by atoms with Gasteiger partial charge in [0.25, 0.3) is 11.8 Å². The predicted octanol–water partition coefficient (Wildman–Crippen LogP) is 6.12. The van der Waals surface area contributed by atoms with E-state index in [0.29, 0.717) is 41.5 Å². The zero-order valence-corrected chi connectivity index (χ0v) is 35.7. The van der Waals surface area contributed by atoms with Crippen LogP contribution in [-0.4, -0.2) is 106 Å². The first-order valence-corrected chi connectivity index (χ1v) is 20.9. The van der Waals surface area contributed by atoms with Crippen molar-refractivity contribution in [1.29, 1.82) is 0 Å². The van der Waals surface area contributed by atoms with Gasteiger partial charge in [0, 0.05) is 23.1 Å². The molecular weight excluding hydrogens is 807 g/mol. The molecule has 0 spiro atoms. The highest BCUT2D eigenvalue weighted by Crippen LogP contribution is 2.48. The van der Waals surface area contributed by atoms with Gasteiger partial charge in [-0.3, -0.25) is 9.59 Å². The van der Waals surface area contributed by atoms with Crippen LogP contribution in [0.2, 0.25) is 0 Å². The van der Waals surface area contributed by atoms with Crippen molar-refractivity contribution in [2.24, 2.45) is 22.0 Å². The lowest BCUT2D eigenvalue weighted by Gasteiger charge is -2.40. The maximum absolute atomic E-state index is 15.4. The maximum Gasteiger partial charge on any atom is 0.262 e. The number of amidine groups is 2. The van der Waals surface area contributed by atoms with Crippen molar-refractivity contribution in [3.63, 3.8) is 0 Å². The minimum atomic E-state index is -0.415. The number of amides is 2. The van der Waals surface area contributed by atoms with Gasteiger partial charge in [-0.05, 0) is 125 Å². The summed E-state index contributed by atoms with van der Waals surface area (Å²) in [4.78, 5) is 33.1. The van der Waals surface area contributed by atoms with Gasteiger partial charge in [-0.2, -0.15) is 10.2 Å². The Labute approximate surface area is 347 Å². The molecule has 0 saturated carbocycles. The number of nitrogens with zero attached hydrogens (tertiary/aromatic N) is 6. The highest BCUT2D eigenvalue weighted by molar-refractivity contribution is 9.10. The van der Waals surface area contributed by atoms with Crippen LogP contribution in [0, 0.1) is 17.7 Å². The number of hydrazone groups is 2. The highest BCUT2D eigenvalue weighted by Gasteiger charge is 2.39. The largest absolute Gasteiger partial charge is 0.494 e. The molecule has 6 aliphatic heterocycles. The first-order chi connectivity index (χ1) is 27.8. The zero-order valence-electron chi connectivity index (χ0n) is 34.1. The molecule has 9 rings (SSSR count).